The van der Waals surface area contributed by atoms with Crippen molar-refractivity contribution in [2.75, 3.05) is 13.1 Å². The Labute approximate surface area is 135 Å². The summed E-state index contributed by atoms with van der Waals surface area (Å²) < 4.78 is 0. The van der Waals surface area contributed by atoms with Gasteiger partial charge in [-0.05, 0) is 61.7 Å². The van der Waals surface area contributed by atoms with Crippen molar-refractivity contribution < 1.29 is 0 Å². The van der Waals surface area contributed by atoms with Crippen LogP contribution in [0.15, 0.2) is 64.5 Å². The fraction of sp³-hybridized carbons (Fsp3) is 0.263. The number of aromatic amines is 1. The Kier molecular flexibility index (Phi) is 3.92. The fourth-order valence-electron chi connectivity index (χ4n) is 3.31. The minimum absolute atomic E-state index is 0.690. The first-order valence-electron chi connectivity index (χ1n) is 7.95. The summed E-state index contributed by atoms with van der Waals surface area (Å²) in [6, 6.07) is 19.6. The van der Waals surface area contributed by atoms with Crippen LogP contribution < -0.4 is 5.32 Å². The summed E-state index contributed by atoms with van der Waals surface area (Å²) in [6.45, 7) is 2.27. The van der Waals surface area contributed by atoms with Crippen molar-refractivity contribution in [3.63, 3.8) is 0 Å². The average Bonchev–Trinajstić information content (AvgIpc) is 2.99. The van der Waals surface area contributed by atoms with E-state index in [1.165, 1.54) is 39.2 Å². The molecule has 0 saturated carbocycles. The topological polar surface area (TPSA) is 27.8 Å². The van der Waals surface area contributed by atoms with Crippen LogP contribution in [0.25, 0.3) is 10.9 Å². The Hall–Kier alpha value is -1.71. The molecule has 2 aromatic carbocycles. The predicted octanol–water partition coefficient (Wildman–Crippen LogP) is 4.79. The van der Waals surface area contributed by atoms with Crippen molar-refractivity contribution in [2.24, 2.45) is 0 Å². The molecular weight excluding hydrogens is 288 g/mol. The summed E-state index contributed by atoms with van der Waals surface area (Å²) in [4.78, 5) is 4.85. The molecule has 3 heteroatoms. The van der Waals surface area contributed by atoms with Crippen molar-refractivity contribution >= 4 is 22.7 Å². The highest BCUT2D eigenvalue weighted by Crippen LogP contribution is 2.35. The second-order valence-corrected chi connectivity index (χ2v) is 7.00. The second kappa shape index (κ2) is 6.19. The average molecular weight is 308 g/mol. The van der Waals surface area contributed by atoms with Crippen LogP contribution in [0.2, 0.25) is 0 Å². The first-order chi connectivity index (χ1) is 10.9. The smallest absolute Gasteiger partial charge is 0.0780 e. The maximum Gasteiger partial charge on any atom is 0.0780 e. The molecule has 0 aliphatic carbocycles. The van der Waals surface area contributed by atoms with Gasteiger partial charge in [0.1, 0.15) is 0 Å². The molecule has 1 aromatic heterocycles. The van der Waals surface area contributed by atoms with E-state index in [4.69, 9.17) is 0 Å². The number of benzene rings is 2. The lowest BCUT2D eigenvalue weighted by atomic mass is 9.88. The molecule has 0 bridgehead atoms. The van der Waals surface area contributed by atoms with Gasteiger partial charge in [0, 0.05) is 15.8 Å². The van der Waals surface area contributed by atoms with Gasteiger partial charge >= 0.3 is 0 Å². The van der Waals surface area contributed by atoms with Crippen molar-refractivity contribution in [1.29, 1.82) is 0 Å². The van der Waals surface area contributed by atoms with Gasteiger partial charge in [-0.3, -0.25) is 0 Å². The van der Waals surface area contributed by atoms with E-state index in [9.17, 15) is 0 Å². The minimum atomic E-state index is 0.690. The van der Waals surface area contributed by atoms with Gasteiger partial charge < -0.3 is 10.3 Å². The van der Waals surface area contributed by atoms with Crippen LogP contribution in [0.1, 0.15) is 24.3 Å². The Balaban J connectivity index is 1.68. The second-order valence-electron chi connectivity index (χ2n) is 5.88. The van der Waals surface area contributed by atoms with Crippen LogP contribution >= 0.6 is 11.8 Å². The van der Waals surface area contributed by atoms with Crippen molar-refractivity contribution in [1.82, 2.24) is 10.3 Å². The highest BCUT2D eigenvalue weighted by atomic mass is 32.2. The monoisotopic (exact) mass is 308 g/mol. The zero-order valence-electron chi connectivity index (χ0n) is 12.5. The molecule has 2 heterocycles. The lowest BCUT2D eigenvalue weighted by molar-refractivity contribution is 0.462. The number of piperidine rings is 1. The number of rotatable bonds is 3. The number of hydrogen-bond acceptors (Lipinski definition) is 2. The Morgan fingerprint density at radius 3 is 2.55 bits per heavy atom. The zero-order chi connectivity index (χ0) is 14.8. The van der Waals surface area contributed by atoms with E-state index in [1.807, 2.05) is 0 Å². The van der Waals surface area contributed by atoms with Gasteiger partial charge in [0.15, 0.2) is 0 Å². The first kappa shape index (κ1) is 13.9. The van der Waals surface area contributed by atoms with Crippen molar-refractivity contribution in [3.8, 4) is 0 Å². The number of fused-ring (bicyclic) bond motifs is 1. The largest absolute Gasteiger partial charge is 0.349 e. The molecule has 4 rings (SSSR count). The molecule has 3 aromatic rings. The van der Waals surface area contributed by atoms with Crippen LogP contribution in [0.4, 0.5) is 0 Å². The molecular formula is C19H20N2S. The van der Waals surface area contributed by atoms with E-state index in [-0.39, 0.29) is 0 Å². The fourth-order valence-corrected chi connectivity index (χ4v) is 4.20. The third-order valence-corrected chi connectivity index (χ3v) is 5.37. The minimum Gasteiger partial charge on any atom is -0.349 e. The summed E-state index contributed by atoms with van der Waals surface area (Å²) in [5, 5.41) is 6.08. The molecule has 112 valence electrons. The molecule has 2 N–H and O–H groups in total. The molecule has 0 radical (unpaired) electrons. The Morgan fingerprint density at radius 2 is 1.73 bits per heavy atom. The van der Waals surface area contributed by atoms with E-state index >= 15 is 0 Å². The molecule has 1 aliphatic heterocycles. The summed E-state index contributed by atoms with van der Waals surface area (Å²) >= 11 is 1.80. The molecule has 0 amide bonds. The quantitative estimate of drug-likeness (QED) is 0.728. The Morgan fingerprint density at radius 1 is 0.909 bits per heavy atom. The van der Waals surface area contributed by atoms with Gasteiger partial charge in [0.2, 0.25) is 0 Å². The summed E-state index contributed by atoms with van der Waals surface area (Å²) in [5.41, 5.74) is 2.77. The van der Waals surface area contributed by atoms with Crippen LogP contribution in [0.5, 0.6) is 0 Å². The van der Waals surface area contributed by atoms with E-state index in [2.05, 4.69) is 64.9 Å². The molecule has 1 aliphatic rings. The normalized spacial score (nSPS) is 16.2. The van der Waals surface area contributed by atoms with Gasteiger partial charge in [-0.2, -0.15) is 0 Å². The summed E-state index contributed by atoms with van der Waals surface area (Å²) in [7, 11) is 0. The molecule has 1 saturated heterocycles. The van der Waals surface area contributed by atoms with Gasteiger partial charge in [-0.15, -0.1) is 0 Å². The maximum absolute atomic E-state index is 3.57. The standard InChI is InChI=1S/C19H20N2S/c1-2-5-15(6-3-1)22-19-13-17-16(7-4-8-18(17)21-19)14-9-11-20-12-10-14/h1-8,13-14,20-21H,9-12H2. The van der Waals surface area contributed by atoms with E-state index in [1.54, 1.807) is 11.8 Å². The third-order valence-electron chi connectivity index (χ3n) is 4.42. The van der Waals surface area contributed by atoms with Crippen LogP contribution in [0.3, 0.4) is 0 Å². The van der Waals surface area contributed by atoms with Crippen LogP contribution in [0, 0.1) is 0 Å². The predicted molar refractivity (Wildman–Crippen MR) is 93.7 cm³/mol. The molecule has 22 heavy (non-hydrogen) atoms. The van der Waals surface area contributed by atoms with Crippen LogP contribution in [-0.2, 0) is 0 Å². The van der Waals surface area contributed by atoms with Gasteiger partial charge in [-0.1, -0.05) is 42.1 Å². The summed E-state index contributed by atoms with van der Waals surface area (Å²) in [6.07, 6.45) is 2.48. The molecule has 0 atom stereocenters. The van der Waals surface area contributed by atoms with Gasteiger partial charge in [-0.25, -0.2) is 0 Å². The third kappa shape index (κ3) is 2.79. The van der Waals surface area contributed by atoms with Crippen molar-refractivity contribution in [3.05, 3.63) is 60.2 Å². The molecule has 1 fully saturated rings. The first-order valence-corrected chi connectivity index (χ1v) is 8.77. The maximum atomic E-state index is 3.57. The van der Waals surface area contributed by atoms with E-state index in [0.29, 0.717) is 5.92 Å². The lowest BCUT2D eigenvalue weighted by Crippen LogP contribution is -2.26. The molecule has 2 nitrogen and oxygen atoms in total. The van der Waals surface area contributed by atoms with E-state index in [0.717, 1.165) is 13.1 Å². The van der Waals surface area contributed by atoms with Crippen LogP contribution in [-0.4, -0.2) is 18.1 Å². The Bertz CT molecular complexity index is 757. The number of aromatic nitrogens is 1. The SMILES string of the molecule is c1ccc(Sc2cc3c(C4CCNCC4)cccc3[nH]2)cc1. The lowest BCUT2D eigenvalue weighted by Gasteiger charge is -2.23. The van der Waals surface area contributed by atoms with Crippen molar-refractivity contribution in [2.45, 2.75) is 28.7 Å². The molecule has 0 spiro atoms. The highest BCUT2D eigenvalue weighted by molar-refractivity contribution is 7.99. The number of H-pyrrole nitrogens is 1. The van der Waals surface area contributed by atoms with Gasteiger partial charge in [0.05, 0.1) is 5.03 Å². The van der Waals surface area contributed by atoms with Gasteiger partial charge in [0.25, 0.3) is 0 Å². The summed E-state index contributed by atoms with van der Waals surface area (Å²) in [5.74, 6) is 0.690. The number of hydrogen-bond donors (Lipinski definition) is 2. The number of nitrogens with one attached hydrogen (secondary N) is 2. The molecule has 0 unspecified atom stereocenters. The highest BCUT2D eigenvalue weighted by Gasteiger charge is 2.18. The zero-order valence-corrected chi connectivity index (χ0v) is 13.3. The van der Waals surface area contributed by atoms with E-state index < -0.39 is 0 Å².